The molecule has 1 N–H and O–H groups in total. The number of nitrogens with zero attached hydrogens (tertiary/aromatic N) is 4. The van der Waals surface area contributed by atoms with Gasteiger partial charge in [-0.05, 0) is 60.7 Å². The van der Waals surface area contributed by atoms with E-state index in [9.17, 15) is 9.59 Å². The van der Waals surface area contributed by atoms with Crippen LogP contribution in [0.25, 0.3) is 5.69 Å². The second-order valence-electron chi connectivity index (χ2n) is 5.74. The number of hydrogen-bond donors (Lipinski definition) is 1. The molecular weight excluding hydrogens is 386 g/mol. The molecule has 0 aliphatic rings. The minimum atomic E-state index is -0.456. The SMILES string of the molecule is CC(=O)c1cccc(NC(=O)[C@H](C)Sc2nnnn2-c2ccc(Cl)cc2)c1. The summed E-state index contributed by atoms with van der Waals surface area (Å²) >= 11 is 7.13. The zero-order valence-electron chi connectivity index (χ0n) is 14.6. The molecular formula is C18H16ClN5O2S. The number of aromatic nitrogens is 4. The summed E-state index contributed by atoms with van der Waals surface area (Å²) in [5.74, 6) is -0.276. The highest BCUT2D eigenvalue weighted by Crippen LogP contribution is 2.24. The van der Waals surface area contributed by atoms with E-state index >= 15 is 0 Å². The quantitative estimate of drug-likeness (QED) is 0.501. The molecule has 3 aromatic rings. The zero-order chi connectivity index (χ0) is 19.4. The Labute approximate surface area is 165 Å². The Morgan fingerprint density at radius 1 is 1.19 bits per heavy atom. The summed E-state index contributed by atoms with van der Waals surface area (Å²) in [6.07, 6.45) is 0. The first-order chi connectivity index (χ1) is 12.9. The molecule has 1 heterocycles. The molecule has 3 rings (SSSR count). The molecule has 7 nitrogen and oxygen atoms in total. The maximum Gasteiger partial charge on any atom is 0.237 e. The van der Waals surface area contributed by atoms with Crippen molar-refractivity contribution in [2.24, 2.45) is 0 Å². The molecule has 0 aliphatic carbocycles. The highest BCUT2D eigenvalue weighted by atomic mass is 35.5. The number of rotatable bonds is 6. The predicted octanol–water partition coefficient (Wildman–Crippen LogP) is 3.64. The van der Waals surface area contributed by atoms with Crippen LogP contribution in [0.4, 0.5) is 5.69 Å². The Hall–Kier alpha value is -2.71. The van der Waals surface area contributed by atoms with Crippen LogP contribution in [0.3, 0.4) is 0 Å². The van der Waals surface area contributed by atoms with Crippen molar-refractivity contribution in [1.29, 1.82) is 0 Å². The van der Waals surface area contributed by atoms with E-state index in [2.05, 4.69) is 20.8 Å². The average Bonchev–Trinajstić information content (AvgIpc) is 3.10. The largest absolute Gasteiger partial charge is 0.325 e. The first-order valence-electron chi connectivity index (χ1n) is 8.07. The Morgan fingerprint density at radius 3 is 2.63 bits per heavy atom. The summed E-state index contributed by atoms with van der Waals surface area (Å²) < 4.78 is 1.54. The molecule has 9 heteroatoms. The monoisotopic (exact) mass is 401 g/mol. The van der Waals surface area contributed by atoms with E-state index in [1.165, 1.54) is 18.7 Å². The van der Waals surface area contributed by atoms with E-state index in [1.807, 2.05) is 0 Å². The first kappa shape index (κ1) is 19.1. The summed E-state index contributed by atoms with van der Waals surface area (Å²) in [6.45, 7) is 3.24. The number of benzene rings is 2. The third-order valence-electron chi connectivity index (χ3n) is 3.70. The molecule has 0 unspecified atom stereocenters. The van der Waals surface area contributed by atoms with Gasteiger partial charge in [0.1, 0.15) is 0 Å². The van der Waals surface area contributed by atoms with Gasteiger partial charge in [-0.25, -0.2) is 0 Å². The van der Waals surface area contributed by atoms with E-state index in [4.69, 9.17) is 11.6 Å². The summed E-state index contributed by atoms with van der Waals surface area (Å²) in [5, 5.41) is 15.1. The van der Waals surface area contributed by atoms with Crippen molar-refractivity contribution in [2.45, 2.75) is 24.3 Å². The molecule has 1 atom stereocenters. The van der Waals surface area contributed by atoms with Gasteiger partial charge < -0.3 is 5.32 Å². The van der Waals surface area contributed by atoms with Gasteiger partial charge >= 0.3 is 0 Å². The normalized spacial score (nSPS) is 11.8. The number of nitrogens with one attached hydrogen (secondary N) is 1. The average molecular weight is 402 g/mol. The Balaban J connectivity index is 1.71. The molecule has 2 aromatic carbocycles. The van der Waals surface area contributed by atoms with Crippen molar-refractivity contribution in [3.8, 4) is 5.69 Å². The first-order valence-corrected chi connectivity index (χ1v) is 9.32. The van der Waals surface area contributed by atoms with Crippen molar-refractivity contribution in [1.82, 2.24) is 20.2 Å². The van der Waals surface area contributed by atoms with E-state index in [0.29, 0.717) is 21.4 Å². The molecule has 1 aromatic heterocycles. The second kappa shape index (κ2) is 8.32. The lowest BCUT2D eigenvalue weighted by Crippen LogP contribution is -2.23. The van der Waals surface area contributed by atoms with Crippen LogP contribution in [0.2, 0.25) is 5.02 Å². The van der Waals surface area contributed by atoms with Crippen molar-refractivity contribution in [2.75, 3.05) is 5.32 Å². The fourth-order valence-electron chi connectivity index (χ4n) is 2.27. The van der Waals surface area contributed by atoms with Crippen LogP contribution in [0.1, 0.15) is 24.2 Å². The number of tetrazole rings is 1. The van der Waals surface area contributed by atoms with Gasteiger partial charge in [-0.3, -0.25) is 9.59 Å². The molecule has 0 saturated heterocycles. The maximum atomic E-state index is 12.5. The smallest absolute Gasteiger partial charge is 0.237 e. The minimum Gasteiger partial charge on any atom is -0.325 e. The van der Waals surface area contributed by atoms with Gasteiger partial charge in [0, 0.05) is 16.3 Å². The molecule has 0 aliphatic heterocycles. The Bertz CT molecular complexity index is 974. The number of thioether (sulfide) groups is 1. The van der Waals surface area contributed by atoms with Crippen LogP contribution >= 0.6 is 23.4 Å². The topological polar surface area (TPSA) is 89.8 Å². The van der Waals surface area contributed by atoms with Crippen molar-refractivity contribution >= 4 is 40.7 Å². The molecule has 27 heavy (non-hydrogen) atoms. The van der Waals surface area contributed by atoms with Gasteiger partial charge in [-0.15, -0.1) is 5.10 Å². The molecule has 1 amide bonds. The number of halogens is 1. The number of hydrogen-bond acceptors (Lipinski definition) is 6. The number of carbonyl (C=O) groups excluding carboxylic acids is 2. The lowest BCUT2D eigenvalue weighted by Gasteiger charge is -2.12. The van der Waals surface area contributed by atoms with Crippen molar-refractivity contribution in [3.05, 3.63) is 59.1 Å². The molecule has 138 valence electrons. The van der Waals surface area contributed by atoms with E-state index in [0.717, 1.165) is 5.69 Å². The fraction of sp³-hybridized carbons (Fsp3) is 0.167. The van der Waals surface area contributed by atoms with Crippen LogP contribution in [-0.2, 0) is 4.79 Å². The standard InChI is InChI=1S/C18H16ClN5O2S/c1-11(25)13-4-3-5-15(10-13)20-17(26)12(2)27-18-21-22-23-24(18)16-8-6-14(19)7-9-16/h3-10,12H,1-2H3,(H,20,26)/t12-/m0/s1. The van der Waals surface area contributed by atoms with Gasteiger partial charge in [-0.1, -0.05) is 35.5 Å². The maximum absolute atomic E-state index is 12.5. The lowest BCUT2D eigenvalue weighted by atomic mass is 10.1. The molecule has 0 saturated carbocycles. The van der Waals surface area contributed by atoms with Crippen molar-refractivity contribution in [3.63, 3.8) is 0 Å². The fourth-order valence-corrected chi connectivity index (χ4v) is 3.20. The van der Waals surface area contributed by atoms with E-state index < -0.39 is 5.25 Å². The summed E-state index contributed by atoms with van der Waals surface area (Å²) in [5.41, 5.74) is 1.85. The Kier molecular flexibility index (Phi) is 5.88. The van der Waals surface area contributed by atoms with E-state index in [1.54, 1.807) is 60.1 Å². The summed E-state index contributed by atoms with van der Waals surface area (Å²) in [6, 6.07) is 13.9. The highest BCUT2D eigenvalue weighted by Gasteiger charge is 2.19. The third kappa shape index (κ3) is 4.72. The van der Waals surface area contributed by atoms with Crippen molar-refractivity contribution < 1.29 is 9.59 Å². The van der Waals surface area contributed by atoms with Crippen LogP contribution in [0.15, 0.2) is 53.7 Å². The molecule has 0 bridgehead atoms. The van der Waals surface area contributed by atoms with Crippen LogP contribution in [-0.4, -0.2) is 37.1 Å². The van der Waals surface area contributed by atoms with E-state index in [-0.39, 0.29) is 11.7 Å². The zero-order valence-corrected chi connectivity index (χ0v) is 16.2. The van der Waals surface area contributed by atoms with Gasteiger partial charge in [0.25, 0.3) is 0 Å². The number of anilines is 1. The molecule has 0 radical (unpaired) electrons. The predicted molar refractivity (Wildman–Crippen MR) is 105 cm³/mol. The van der Waals surface area contributed by atoms with Crippen LogP contribution < -0.4 is 5.32 Å². The second-order valence-corrected chi connectivity index (χ2v) is 7.48. The van der Waals surface area contributed by atoms with Gasteiger partial charge in [0.2, 0.25) is 11.1 Å². The third-order valence-corrected chi connectivity index (χ3v) is 4.99. The summed E-state index contributed by atoms with van der Waals surface area (Å²) in [7, 11) is 0. The van der Waals surface area contributed by atoms with Crippen LogP contribution in [0.5, 0.6) is 0 Å². The number of Topliss-reactive ketones (excluding diaryl/α,β-unsaturated/α-hetero) is 1. The van der Waals surface area contributed by atoms with Crippen LogP contribution in [0, 0.1) is 0 Å². The number of amides is 1. The highest BCUT2D eigenvalue weighted by molar-refractivity contribution is 8.00. The Morgan fingerprint density at radius 2 is 1.93 bits per heavy atom. The number of ketones is 1. The molecule has 0 spiro atoms. The van der Waals surface area contributed by atoms with Gasteiger partial charge in [-0.2, -0.15) is 4.68 Å². The lowest BCUT2D eigenvalue weighted by molar-refractivity contribution is -0.115. The van der Waals surface area contributed by atoms with Gasteiger partial charge in [0.05, 0.1) is 10.9 Å². The van der Waals surface area contributed by atoms with Gasteiger partial charge in [0.15, 0.2) is 5.78 Å². The minimum absolute atomic E-state index is 0.0596. The number of carbonyl (C=O) groups is 2. The summed E-state index contributed by atoms with van der Waals surface area (Å²) in [4.78, 5) is 24.0. The molecule has 0 fully saturated rings.